The summed E-state index contributed by atoms with van der Waals surface area (Å²) < 4.78 is 18.8. The number of aromatic nitrogens is 1. The summed E-state index contributed by atoms with van der Waals surface area (Å²) in [5.74, 6) is 0.104. The average Bonchev–Trinajstić information content (AvgIpc) is 3.07. The number of ether oxygens (including phenoxy) is 1. The van der Waals surface area contributed by atoms with Crippen LogP contribution in [-0.4, -0.2) is 30.5 Å². The molecule has 144 valence electrons. The van der Waals surface area contributed by atoms with Crippen molar-refractivity contribution in [2.75, 3.05) is 19.7 Å². The first-order valence-electron chi connectivity index (χ1n) is 8.44. The normalized spacial score (nSPS) is 19.0. The summed E-state index contributed by atoms with van der Waals surface area (Å²) >= 11 is 5.62. The quantitative estimate of drug-likeness (QED) is 0.524. The largest absolute Gasteiger partial charge is 0.372 e. The van der Waals surface area contributed by atoms with Crippen molar-refractivity contribution in [1.29, 1.82) is 0 Å². The number of hydrogen-bond donors (Lipinski definition) is 5. The van der Waals surface area contributed by atoms with Gasteiger partial charge in [0.25, 0.3) is 5.56 Å². The van der Waals surface area contributed by atoms with Gasteiger partial charge in [0.15, 0.2) is 5.84 Å². The third kappa shape index (κ3) is 5.27. The number of hydrazine groups is 2. The van der Waals surface area contributed by atoms with Gasteiger partial charge in [0.2, 0.25) is 0 Å². The lowest BCUT2D eigenvalue weighted by molar-refractivity contribution is 0.0642. The molecule has 1 aromatic carbocycles. The molecule has 4 rings (SSSR count). The third-order valence-corrected chi connectivity index (χ3v) is 4.28. The van der Waals surface area contributed by atoms with Crippen molar-refractivity contribution in [3.05, 3.63) is 68.8 Å². The van der Waals surface area contributed by atoms with E-state index < -0.39 is 0 Å². The van der Waals surface area contributed by atoms with Crippen LogP contribution in [0.2, 0.25) is 5.02 Å². The maximum atomic E-state index is 13.2. The Bertz CT molecular complexity index is 851. The van der Waals surface area contributed by atoms with Crippen LogP contribution in [0, 0.1) is 5.82 Å². The molecule has 1 fully saturated rings. The maximum absolute atomic E-state index is 13.2. The minimum Gasteiger partial charge on any atom is -0.372 e. The molecule has 27 heavy (non-hydrogen) atoms. The summed E-state index contributed by atoms with van der Waals surface area (Å²) in [5.41, 5.74) is 8.88. The SMILES string of the molecule is Fc1cc([C@@H]2CCNCCO2)ccc1Cl.O=c1[nH]cccc1C1=NNNN1. The summed E-state index contributed by atoms with van der Waals surface area (Å²) in [6.07, 6.45) is 2.41. The molecule has 0 saturated carbocycles. The highest BCUT2D eigenvalue weighted by atomic mass is 35.5. The molecule has 2 aliphatic rings. The Morgan fingerprint density at radius 2 is 2.15 bits per heavy atom. The topological polar surface area (TPSA) is 103 Å². The summed E-state index contributed by atoms with van der Waals surface area (Å²) in [7, 11) is 0. The van der Waals surface area contributed by atoms with E-state index in [1.54, 1.807) is 24.4 Å². The van der Waals surface area contributed by atoms with E-state index in [0.717, 1.165) is 25.1 Å². The second-order valence-electron chi connectivity index (χ2n) is 5.81. The van der Waals surface area contributed by atoms with E-state index >= 15 is 0 Å². The van der Waals surface area contributed by atoms with Crippen LogP contribution in [0.15, 0.2) is 46.4 Å². The first-order valence-corrected chi connectivity index (χ1v) is 8.82. The van der Waals surface area contributed by atoms with Crippen molar-refractivity contribution < 1.29 is 9.13 Å². The molecule has 8 nitrogen and oxygen atoms in total. The predicted octanol–water partition coefficient (Wildman–Crippen LogP) is 1.18. The van der Waals surface area contributed by atoms with Gasteiger partial charge >= 0.3 is 0 Å². The Morgan fingerprint density at radius 3 is 2.89 bits per heavy atom. The fourth-order valence-electron chi connectivity index (χ4n) is 2.62. The molecule has 1 aromatic heterocycles. The van der Waals surface area contributed by atoms with Crippen molar-refractivity contribution in [3.8, 4) is 0 Å². The Morgan fingerprint density at radius 1 is 1.26 bits per heavy atom. The van der Waals surface area contributed by atoms with E-state index in [2.05, 4.69) is 31.9 Å². The lowest BCUT2D eigenvalue weighted by Gasteiger charge is -2.15. The average molecular weight is 395 g/mol. The van der Waals surface area contributed by atoms with Crippen LogP contribution in [-0.2, 0) is 4.74 Å². The lowest BCUT2D eigenvalue weighted by atomic mass is 10.1. The van der Waals surface area contributed by atoms with Gasteiger partial charge in [-0.2, -0.15) is 0 Å². The van der Waals surface area contributed by atoms with Crippen LogP contribution in [0.5, 0.6) is 0 Å². The van der Waals surface area contributed by atoms with E-state index in [0.29, 0.717) is 18.0 Å². The molecule has 1 atom stereocenters. The number of nitrogens with one attached hydrogen (secondary N) is 5. The predicted molar refractivity (Wildman–Crippen MR) is 101 cm³/mol. The third-order valence-electron chi connectivity index (χ3n) is 3.97. The number of amidine groups is 1. The number of pyridine rings is 1. The summed E-state index contributed by atoms with van der Waals surface area (Å²) in [4.78, 5) is 13.7. The summed E-state index contributed by atoms with van der Waals surface area (Å²) in [5, 5.41) is 7.18. The summed E-state index contributed by atoms with van der Waals surface area (Å²) in [6, 6.07) is 8.27. The zero-order chi connectivity index (χ0) is 19.1. The number of benzene rings is 1. The van der Waals surface area contributed by atoms with E-state index in [4.69, 9.17) is 16.3 Å². The van der Waals surface area contributed by atoms with E-state index in [-0.39, 0.29) is 22.5 Å². The second kappa shape index (κ2) is 9.47. The van der Waals surface area contributed by atoms with Gasteiger partial charge in [-0.25, -0.2) is 9.93 Å². The zero-order valence-corrected chi connectivity index (χ0v) is 15.1. The van der Waals surface area contributed by atoms with Gasteiger partial charge in [-0.3, -0.25) is 10.2 Å². The van der Waals surface area contributed by atoms with Crippen LogP contribution in [0.3, 0.4) is 0 Å². The van der Waals surface area contributed by atoms with E-state index in [1.807, 2.05) is 6.07 Å². The highest BCUT2D eigenvalue weighted by Crippen LogP contribution is 2.25. The van der Waals surface area contributed by atoms with Gasteiger partial charge < -0.3 is 15.0 Å². The molecule has 2 aliphatic heterocycles. The molecule has 0 radical (unpaired) electrons. The maximum Gasteiger partial charge on any atom is 0.259 e. The van der Waals surface area contributed by atoms with Crippen LogP contribution in [0.1, 0.15) is 23.7 Å². The standard InChI is InChI=1S/C11H13ClFNO.C6H7N5O/c12-9-2-1-8(7-10(9)13)11-3-4-14-5-6-15-11;12-6-4(2-1-3-7-6)5-8-10-11-9-5/h1-2,7,11,14H,3-6H2;1-3,10-11H,(H,7,12)(H,8,9)/t11-;/m0./s1. The number of aromatic amines is 1. The molecule has 0 unspecified atom stereocenters. The molecule has 0 bridgehead atoms. The number of halogens is 2. The smallest absolute Gasteiger partial charge is 0.259 e. The van der Waals surface area contributed by atoms with Gasteiger partial charge in [0, 0.05) is 12.7 Å². The first-order chi connectivity index (χ1) is 13.1. The summed E-state index contributed by atoms with van der Waals surface area (Å²) in [6.45, 7) is 2.41. The molecule has 0 spiro atoms. The van der Waals surface area contributed by atoms with E-state index in [9.17, 15) is 9.18 Å². The molecule has 0 aliphatic carbocycles. The minimum atomic E-state index is -0.380. The zero-order valence-electron chi connectivity index (χ0n) is 14.4. The van der Waals surface area contributed by atoms with Gasteiger partial charge in [0.05, 0.1) is 23.3 Å². The lowest BCUT2D eigenvalue weighted by Crippen LogP contribution is -2.37. The van der Waals surface area contributed by atoms with Crippen LogP contribution in [0.4, 0.5) is 4.39 Å². The number of hydrogen-bond acceptors (Lipinski definition) is 7. The minimum absolute atomic E-state index is 0.0215. The first kappa shape index (κ1) is 19.3. The van der Waals surface area contributed by atoms with Crippen molar-refractivity contribution in [2.45, 2.75) is 12.5 Å². The van der Waals surface area contributed by atoms with Crippen LogP contribution in [0.25, 0.3) is 0 Å². The van der Waals surface area contributed by atoms with Crippen molar-refractivity contribution in [3.63, 3.8) is 0 Å². The second-order valence-corrected chi connectivity index (χ2v) is 6.21. The number of rotatable bonds is 2. The fourth-order valence-corrected chi connectivity index (χ4v) is 2.74. The van der Waals surface area contributed by atoms with Crippen molar-refractivity contribution in [2.24, 2.45) is 5.10 Å². The highest BCUT2D eigenvalue weighted by molar-refractivity contribution is 6.30. The van der Waals surface area contributed by atoms with Gasteiger partial charge in [-0.1, -0.05) is 17.7 Å². The molecular weight excluding hydrogens is 375 g/mol. The number of nitrogens with zero attached hydrogens (tertiary/aromatic N) is 1. The molecule has 10 heteroatoms. The molecule has 0 amide bonds. The Kier molecular flexibility index (Phi) is 6.77. The molecule has 3 heterocycles. The van der Waals surface area contributed by atoms with Gasteiger partial charge in [-0.05, 0) is 42.8 Å². The molecule has 1 saturated heterocycles. The van der Waals surface area contributed by atoms with Crippen LogP contribution >= 0.6 is 11.6 Å². The Hall–Kier alpha value is -2.46. The van der Waals surface area contributed by atoms with Gasteiger partial charge in [0.1, 0.15) is 5.82 Å². The fraction of sp³-hybridized carbons (Fsp3) is 0.294. The molecule has 5 N–H and O–H groups in total. The van der Waals surface area contributed by atoms with Gasteiger partial charge in [-0.15, -0.1) is 10.6 Å². The van der Waals surface area contributed by atoms with E-state index in [1.165, 1.54) is 6.07 Å². The molecular formula is C17H20ClFN6O2. The van der Waals surface area contributed by atoms with Crippen molar-refractivity contribution >= 4 is 17.4 Å². The molecule has 2 aromatic rings. The van der Waals surface area contributed by atoms with Crippen molar-refractivity contribution in [1.82, 2.24) is 26.8 Å². The Labute approximate surface area is 160 Å². The van der Waals surface area contributed by atoms with Crippen LogP contribution < -0.4 is 27.4 Å². The highest BCUT2D eigenvalue weighted by Gasteiger charge is 2.15. The number of H-pyrrole nitrogens is 1. The number of hydrazone groups is 1. The Balaban J connectivity index is 0.000000159. The monoisotopic (exact) mass is 394 g/mol.